The molecule has 2 aromatic rings. The summed E-state index contributed by atoms with van der Waals surface area (Å²) in [5, 5.41) is 17.9. The molecule has 4 nitrogen and oxygen atoms in total. The average molecular weight is 450 g/mol. The predicted octanol–water partition coefficient (Wildman–Crippen LogP) is 3.25. The average Bonchev–Trinajstić information content (AvgIpc) is 3.21. The Morgan fingerprint density at radius 1 is 0.969 bits per heavy atom. The van der Waals surface area contributed by atoms with Crippen molar-refractivity contribution in [2.75, 3.05) is 26.2 Å². The zero-order valence-corrected chi connectivity index (χ0v) is 17.7. The molecule has 172 valence electrons. The number of aliphatic hydroxyl groups is 1. The van der Waals surface area contributed by atoms with Crippen molar-refractivity contribution in [1.82, 2.24) is 10.6 Å². The molecule has 5 atom stereocenters. The quantitative estimate of drug-likeness (QED) is 0.613. The lowest BCUT2D eigenvalue weighted by molar-refractivity contribution is -0.132. The van der Waals surface area contributed by atoms with Crippen molar-refractivity contribution >= 4 is 5.78 Å². The van der Waals surface area contributed by atoms with Crippen LogP contribution < -0.4 is 10.6 Å². The van der Waals surface area contributed by atoms with E-state index in [0.717, 1.165) is 18.2 Å². The van der Waals surface area contributed by atoms with Gasteiger partial charge in [0, 0.05) is 74.0 Å². The number of hydrogen-bond acceptors (Lipinski definition) is 4. The van der Waals surface area contributed by atoms with E-state index >= 15 is 0 Å². The van der Waals surface area contributed by atoms with E-state index in [1.54, 1.807) is 6.92 Å². The van der Waals surface area contributed by atoms with Gasteiger partial charge in [0.2, 0.25) is 0 Å². The third-order valence-corrected chi connectivity index (χ3v) is 7.01. The second-order valence-corrected chi connectivity index (χ2v) is 8.91. The summed E-state index contributed by atoms with van der Waals surface area (Å²) in [4.78, 5) is 13.3. The zero-order valence-electron chi connectivity index (χ0n) is 17.7. The van der Waals surface area contributed by atoms with Crippen LogP contribution in [-0.2, 0) is 10.4 Å². The Kier molecular flexibility index (Phi) is 6.38. The third kappa shape index (κ3) is 4.07. The number of halogens is 4. The van der Waals surface area contributed by atoms with Crippen LogP contribution in [-0.4, -0.2) is 37.1 Å². The van der Waals surface area contributed by atoms with Crippen molar-refractivity contribution in [3.8, 4) is 0 Å². The highest BCUT2D eigenvalue weighted by Crippen LogP contribution is 2.43. The number of benzene rings is 2. The Morgan fingerprint density at radius 3 is 2.31 bits per heavy atom. The highest BCUT2D eigenvalue weighted by Gasteiger charge is 2.49. The Bertz CT molecular complexity index is 1020. The fraction of sp³-hybridized carbons (Fsp3) is 0.458. The van der Waals surface area contributed by atoms with E-state index in [2.05, 4.69) is 10.6 Å². The van der Waals surface area contributed by atoms with E-state index in [4.69, 9.17) is 0 Å². The number of ketones is 1. The molecule has 2 heterocycles. The first-order chi connectivity index (χ1) is 15.2. The highest BCUT2D eigenvalue weighted by molar-refractivity contribution is 5.83. The van der Waals surface area contributed by atoms with Crippen LogP contribution >= 0.6 is 0 Å². The minimum atomic E-state index is -1.67. The second-order valence-electron chi connectivity index (χ2n) is 8.91. The van der Waals surface area contributed by atoms with Crippen LogP contribution in [0.1, 0.15) is 30.4 Å². The summed E-state index contributed by atoms with van der Waals surface area (Å²) in [5.41, 5.74) is -1.43. The maximum absolute atomic E-state index is 14.6. The SMILES string of the molecule is C[C@H]1CNC[C@@H](CC(=O)[C@@H]2CNC[C@H]2c2ccc(F)cc2F)[C@@]1(O)c1ccc(F)cc1F. The van der Waals surface area contributed by atoms with Crippen LogP contribution in [0.5, 0.6) is 0 Å². The number of piperidine rings is 1. The fourth-order valence-corrected chi connectivity index (χ4v) is 5.26. The van der Waals surface area contributed by atoms with E-state index < -0.39 is 52.5 Å². The maximum Gasteiger partial charge on any atom is 0.138 e. The van der Waals surface area contributed by atoms with Crippen LogP contribution in [0.25, 0.3) is 0 Å². The van der Waals surface area contributed by atoms with Crippen molar-refractivity contribution in [3.63, 3.8) is 0 Å². The molecule has 0 radical (unpaired) electrons. The van der Waals surface area contributed by atoms with Crippen molar-refractivity contribution in [2.45, 2.75) is 24.9 Å². The van der Waals surface area contributed by atoms with Crippen LogP contribution in [0.15, 0.2) is 36.4 Å². The lowest BCUT2D eigenvalue weighted by Gasteiger charge is -2.45. The van der Waals surface area contributed by atoms with E-state index in [0.29, 0.717) is 19.6 Å². The standard InChI is InChI=1S/C24H26F4N2O2/c1-13-9-29-10-14(24(13,32)20-5-3-16(26)8-22(20)28)6-23(31)19-12-30-11-18(19)17-4-2-15(25)7-21(17)27/h2-5,7-8,13-14,18-19,29-30,32H,6,9-12H2,1H3/t13-,14+,18-,19+,24+/m0/s1. The summed E-state index contributed by atoms with van der Waals surface area (Å²) in [6, 6.07) is 6.39. The predicted molar refractivity (Wildman–Crippen MR) is 111 cm³/mol. The van der Waals surface area contributed by atoms with Gasteiger partial charge in [0.05, 0.1) is 0 Å². The summed E-state index contributed by atoms with van der Waals surface area (Å²) in [6.07, 6.45) is -0.0592. The summed E-state index contributed by atoms with van der Waals surface area (Å²) in [7, 11) is 0. The van der Waals surface area contributed by atoms with Gasteiger partial charge in [-0.3, -0.25) is 4.79 Å². The van der Waals surface area contributed by atoms with E-state index in [1.165, 1.54) is 18.2 Å². The van der Waals surface area contributed by atoms with Crippen LogP contribution in [0.2, 0.25) is 0 Å². The number of carbonyl (C=O) groups is 1. The molecular formula is C24H26F4N2O2. The molecule has 2 aliphatic rings. The molecule has 8 heteroatoms. The fourth-order valence-electron chi connectivity index (χ4n) is 5.26. The molecule has 4 rings (SSSR count). The molecule has 0 aromatic heterocycles. The number of hydrogen-bond donors (Lipinski definition) is 3. The summed E-state index contributed by atoms with van der Waals surface area (Å²) in [5.74, 6) is -5.28. The molecule has 3 N–H and O–H groups in total. The molecule has 0 bridgehead atoms. The first-order valence-corrected chi connectivity index (χ1v) is 10.8. The van der Waals surface area contributed by atoms with Gasteiger partial charge < -0.3 is 15.7 Å². The molecule has 0 amide bonds. The first-order valence-electron chi connectivity index (χ1n) is 10.8. The Morgan fingerprint density at radius 2 is 1.62 bits per heavy atom. The lowest BCUT2D eigenvalue weighted by atomic mass is 9.67. The summed E-state index contributed by atoms with van der Waals surface area (Å²) >= 11 is 0. The number of carbonyl (C=O) groups excluding carboxylic acids is 1. The first kappa shape index (κ1) is 22.9. The van der Waals surface area contributed by atoms with Crippen LogP contribution in [0.3, 0.4) is 0 Å². The Labute approximate surface area is 184 Å². The van der Waals surface area contributed by atoms with Crippen molar-refractivity contribution in [3.05, 3.63) is 70.8 Å². The molecule has 2 saturated heterocycles. The topological polar surface area (TPSA) is 61.4 Å². The summed E-state index contributed by atoms with van der Waals surface area (Å²) in [6.45, 7) is 3.14. The van der Waals surface area contributed by atoms with Gasteiger partial charge in [-0.1, -0.05) is 19.1 Å². The molecule has 2 fully saturated rings. The zero-order chi connectivity index (χ0) is 23.0. The van der Waals surface area contributed by atoms with Gasteiger partial charge in [-0.15, -0.1) is 0 Å². The Balaban J connectivity index is 1.60. The maximum atomic E-state index is 14.6. The largest absolute Gasteiger partial charge is 0.384 e. The van der Waals surface area contributed by atoms with Crippen LogP contribution in [0.4, 0.5) is 17.6 Å². The smallest absolute Gasteiger partial charge is 0.138 e. The molecular weight excluding hydrogens is 424 g/mol. The summed E-state index contributed by atoms with van der Waals surface area (Å²) < 4.78 is 55.8. The van der Waals surface area contributed by atoms with Crippen molar-refractivity contribution in [2.24, 2.45) is 17.8 Å². The van der Waals surface area contributed by atoms with E-state index in [1.807, 2.05) is 0 Å². The van der Waals surface area contributed by atoms with Crippen molar-refractivity contribution in [1.29, 1.82) is 0 Å². The third-order valence-electron chi connectivity index (χ3n) is 7.01. The van der Waals surface area contributed by atoms with Gasteiger partial charge in [-0.2, -0.15) is 0 Å². The number of nitrogens with one attached hydrogen (secondary N) is 2. The van der Waals surface area contributed by atoms with Gasteiger partial charge in [0.25, 0.3) is 0 Å². The van der Waals surface area contributed by atoms with Gasteiger partial charge in [0.1, 0.15) is 34.7 Å². The van der Waals surface area contributed by atoms with E-state index in [-0.39, 0.29) is 29.9 Å². The minimum Gasteiger partial charge on any atom is -0.384 e. The highest BCUT2D eigenvalue weighted by atomic mass is 19.1. The van der Waals surface area contributed by atoms with Gasteiger partial charge >= 0.3 is 0 Å². The molecule has 2 aromatic carbocycles. The molecule has 0 saturated carbocycles. The van der Waals surface area contributed by atoms with E-state index in [9.17, 15) is 27.5 Å². The van der Waals surface area contributed by atoms with Crippen molar-refractivity contribution < 1.29 is 27.5 Å². The van der Waals surface area contributed by atoms with Crippen LogP contribution in [0, 0.1) is 41.0 Å². The lowest BCUT2D eigenvalue weighted by Crippen LogP contribution is -2.55. The number of Topliss-reactive ketones (excluding diaryl/α,β-unsaturated/α-hetero) is 1. The molecule has 2 aliphatic heterocycles. The minimum absolute atomic E-state index is 0.0311. The second kappa shape index (κ2) is 8.92. The Hall–Kier alpha value is -2.29. The molecule has 0 aliphatic carbocycles. The normalized spacial score (nSPS) is 30.4. The molecule has 0 spiro atoms. The molecule has 32 heavy (non-hydrogen) atoms. The van der Waals surface area contributed by atoms with Gasteiger partial charge in [0.15, 0.2) is 0 Å². The van der Waals surface area contributed by atoms with Gasteiger partial charge in [-0.25, -0.2) is 17.6 Å². The monoisotopic (exact) mass is 450 g/mol. The molecule has 0 unspecified atom stereocenters. The van der Waals surface area contributed by atoms with Gasteiger partial charge in [-0.05, 0) is 17.7 Å². The number of rotatable bonds is 5.